The summed E-state index contributed by atoms with van der Waals surface area (Å²) >= 11 is 0. The average molecular weight is 493 g/mol. The van der Waals surface area contributed by atoms with Crippen molar-refractivity contribution in [2.24, 2.45) is 5.92 Å². The van der Waals surface area contributed by atoms with E-state index in [-0.39, 0.29) is 28.2 Å². The number of anilines is 1. The van der Waals surface area contributed by atoms with Gasteiger partial charge in [0.1, 0.15) is 17.2 Å². The molecule has 0 spiro atoms. The summed E-state index contributed by atoms with van der Waals surface area (Å²) in [5.41, 5.74) is 0.0139. The number of aryl methyl sites for hydroxylation is 1. The fraction of sp³-hybridized carbons (Fsp3) is 0.565. The lowest BCUT2D eigenvalue weighted by molar-refractivity contribution is -0.384. The average Bonchev–Trinajstić information content (AvgIpc) is 3.25. The van der Waals surface area contributed by atoms with Crippen LogP contribution in [-0.2, 0) is 14.8 Å². The van der Waals surface area contributed by atoms with Gasteiger partial charge in [-0.3, -0.25) is 15.0 Å². The van der Waals surface area contributed by atoms with E-state index in [1.54, 1.807) is 0 Å². The summed E-state index contributed by atoms with van der Waals surface area (Å²) in [4.78, 5) is 13.5. The van der Waals surface area contributed by atoms with Gasteiger partial charge in [-0.1, -0.05) is 6.92 Å². The summed E-state index contributed by atoms with van der Waals surface area (Å²) in [6, 6.07) is 7.77. The van der Waals surface area contributed by atoms with Crippen LogP contribution in [0.5, 0.6) is 0 Å². The van der Waals surface area contributed by atoms with Gasteiger partial charge in [-0.15, -0.1) is 0 Å². The molecule has 2 aliphatic rings. The Labute approximate surface area is 200 Å². The van der Waals surface area contributed by atoms with Gasteiger partial charge in [0.15, 0.2) is 0 Å². The highest BCUT2D eigenvalue weighted by Crippen LogP contribution is 2.32. The van der Waals surface area contributed by atoms with E-state index in [0.29, 0.717) is 32.8 Å². The molecule has 186 valence electrons. The number of nitro benzene ring substituents is 1. The second kappa shape index (κ2) is 10.4. The molecule has 1 N–H and O–H groups in total. The number of furan rings is 1. The van der Waals surface area contributed by atoms with Crippen LogP contribution >= 0.6 is 0 Å². The summed E-state index contributed by atoms with van der Waals surface area (Å²) in [6.07, 6.45) is 1.77. The van der Waals surface area contributed by atoms with E-state index >= 15 is 0 Å². The van der Waals surface area contributed by atoms with Crippen LogP contribution in [0.2, 0.25) is 0 Å². The third-order valence-corrected chi connectivity index (χ3v) is 8.35. The molecule has 0 saturated carbocycles. The number of rotatable bonds is 8. The highest BCUT2D eigenvalue weighted by molar-refractivity contribution is 7.89. The summed E-state index contributed by atoms with van der Waals surface area (Å²) in [5.74, 6) is 1.83. The molecule has 0 amide bonds. The SMILES string of the molecule is Cc1ccc([C@H](CNc2ccc(S(=O)(=O)N3CCC[C@@H](C)C3)cc2[N+](=O)[O-])N2CCOCC2)o1. The number of hydrogen-bond donors (Lipinski definition) is 1. The van der Waals surface area contributed by atoms with E-state index in [1.165, 1.54) is 16.4 Å². The second-order valence-electron chi connectivity index (χ2n) is 9.04. The summed E-state index contributed by atoms with van der Waals surface area (Å²) in [5, 5.41) is 15.0. The normalized spacial score (nSPS) is 21.3. The van der Waals surface area contributed by atoms with Crippen molar-refractivity contribution in [2.75, 3.05) is 51.3 Å². The number of nitrogens with zero attached hydrogens (tertiary/aromatic N) is 3. The van der Waals surface area contributed by atoms with E-state index in [2.05, 4.69) is 10.2 Å². The number of benzene rings is 1. The molecular weight excluding hydrogens is 460 g/mol. The number of ether oxygens (including phenoxy) is 1. The standard InChI is InChI=1S/C23H32N4O6S/c1-17-4-3-9-26(16-17)34(30,31)19-6-7-20(21(14-19)27(28)29)24-15-22(23-8-5-18(2)33-23)25-10-12-32-13-11-25/h5-8,14,17,22,24H,3-4,9-13,15-16H2,1-2H3/t17-,22+/m1/s1. The molecular formula is C23H32N4O6S. The third kappa shape index (κ3) is 5.43. The lowest BCUT2D eigenvalue weighted by Gasteiger charge is -2.33. The van der Waals surface area contributed by atoms with Crippen molar-refractivity contribution in [1.29, 1.82) is 0 Å². The monoisotopic (exact) mass is 492 g/mol. The van der Waals surface area contributed by atoms with Crippen LogP contribution in [0.4, 0.5) is 11.4 Å². The Morgan fingerprint density at radius 1 is 1.21 bits per heavy atom. The number of nitrogens with one attached hydrogen (secondary N) is 1. The molecule has 2 atom stereocenters. The summed E-state index contributed by atoms with van der Waals surface area (Å²) in [6.45, 7) is 7.78. The van der Waals surface area contributed by atoms with Crippen LogP contribution < -0.4 is 5.32 Å². The van der Waals surface area contributed by atoms with E-state index in [9.17, 15) is 18.5 Å². The van der Waals surface area contributed by atoms with E-state index < -0.39 is 14.9 Å². The fourth-order valence-electron chi connectivity index (χ4n) is 4.62. The van der Waals surface area contributed by atoms with Crippen molar-refractivity contribution in [3.05, 3.63) is 52.0 Å². The number of piperidine rings is 1. The van der Waals surface area contributed by atoms with Crippen molar-refractivity contribution in [3.8, 4) is 0 Å². The Hall–Kier alpha value is -2.47. The number of sulfonamides is 1. The first kappa shape index (κ1) is 24.6. The van der Waals surface area contributed by atoms with Crippen molar-refractivity contribution in [3.63, 3.8) is 0 Å². The van der Waals surface area contributed by atoms with Crippen LogP contribution in [0.3, 0.4) is 0 Å². The number of morpholine rings is 1. The van der Waals surface area contributed by atoms with Gasteiger partial charge in [0.25, 0.3) is 5.69 Å². The molecule has 10 nitrogen and oxygen atoms in total. The number of hydrogen-bond acceptors (Lipinski definition) is 8. The topological polar surface area (TPSA) is 118 Å². The van der Waals surface area contributed by atoms with Gasteiger partial charge < -0.3 is 14.5 Å². The Morgan fingerprint density at radius 2 is 1.97 bits per heavy atom. The van der Waals surface area contributed by atoms with Crippen LogP contribution in [0.1, 0.15) is 37.3 Å². The predicted molar refractivity (Wildman–Crippen MR) is 127 cm³/mol. The molecule has 0 unspecified atom stereocenters. The molecule has 1 aromatic carbocycles. The minimum Gasteiger partial charge on any atom is -0.465 e. The van der Waals surface area contributed by atoms with Gasteiger partial charge in [0.2, 0.25) is 10.0 Å². The molecule has 2 fully saturated rings. The van der Waals surface area contributed by atoms with Gasteiger partial charge in [0.05, 0.1) is 29.1 Å². The lowest BCUT2D eigenvalue weighted by atomic mass is 10.0. The third-order valence-electron chi connectivity index (χ3n) is 6.49. The first-order valence-corrected chi connectivity index (χ1v) is 13.1. The first-order chi connectivity index (χ1) is 16.3. The lowest BCUT2D eigenvalue weighted by Crippen LogP contribution is -2.41. The molecule has 2 saturated heterocycles. The maximum atomic E-state index is 13.1. The van der Waals surface area contributed by atoms with Crippen LogP contribution in [0.15, 0.2) is 39.6 Å². The summed E-state index contributed by atoms with van der Waals surface area (Å²) < 4.78 is 39.0. The first-order valence-electron chi connectivity index (χ1n) is 11.7. The Kier molecular flexibility index (Phi) is 7.56. The molecule has 3 heterocycles. The van der Waals surface area contributed by atoms with Gasteiger partial charge >= 0.3 is 0 Å². The van der Waals surface area contributed by atoms with Crippen molar-refractivity contribution >= 4 is 21.4 Å². The Morgan fingerprint density at radius 3 is 2.62 bits per heavy atom. The largest absolute Gasteiger partial charge is 0.465 e. The van der Waals surface area contributed by atoms with E-state index in [4.69, 9.17) is 9.15 Å². The minimum absolute atomic E-state index is 0.0507. The molecule has 2 aromatic rings. The molecule has 2 aliphatic heterocycles. The minimum atomic E-state index is -3.79. The van der Waals surface area contributed by atoms with Gasteiger partial charge in [-0.25, -0.2) is 8.42 Å². The molecule has 11 heteroatoms. The van der Waals surface area contributed by atoms with E-state index in [0.717, 1.165) is 43.5 Å². The molecule has 0 radical (unpaired) electrons. The zero-order chi connectivity index (χ0) is 24.3. The van der Waals surface area contributed by atoms with Crippen LogP contribution in [0.25, 0.3) is 0 Å². The van der Waals surface area contributed by atoms with Crippen LogP contribution in [0, 0.1) is 23.0 Å². The zero-order valence-corrected chi connectivity index (χ0v) is 20.4. The summed E-state index contributed by atoms with van der Waals surface area (Å²) in [7, 11) is -3.79. The smallest absolute Gasteiger partial charge is 0.293 e. The maximum absolute atomic E-state index is 13.1. The zero-order valence-electron chi connectivity index (χ0n) is 19.6. The fourth-order valence-corrected chi connectivity index (χ4v) is 6.24. The second-order valence-corrected chi connectivity index (χ2v) is 11.0. The van der Waals surface area contributed by atoms with Crippen LogP contribution in [-0.4, -0.2) is 68.5 Å². The molecule has 34 heavy (non-hydrogen) atoms. The van der Waals surface area contributed by atoms with Crippen molar-refractivity contribution in [1.82, 2.24) is 9.21 Å². The quantitative estimate of drug-likeness (QED) is 0.440. The van der Waals surface area contributed by atoms with Crippen molar-refractivity contribution < 1.29 is 22.5 Å². The predicted octanol–water partition coefficient (Wildman–Crippen LogP) is 3.40. The van der Waals surface area contributed by atoms with Gasteiger partial charge in [-0.2, -0.15) is 4.31 Å². The highest BCUT2D eigenvalue weighted by Gasteiger charge is 2.31. The Bertz CT molecular complexity index is 1110. The highest BCUT2D eigenvalue weighted by atomic mass is 32.2. The van der Waals surface area contributed by atoms with E-state index in [1.807, 2.05) is 26.0 Å². The molecule has 1 aromatic heterocycles. The number of nitro groups is 1. The van der Waals surface area contributed by atoms with Crippen molar-refractivity contribution in [2.45, 2.75) is 37.6 Å². The molecule has 0 aliphatic carbocycles. The Balaban J connectivity index is 1.56. The maximum Gasteiger partial charge on any atom is 0.293 e. The molecule has 4 rings (SSSR count). The molecule has 0 bridgehead atoms. The van der Waals surface area contributed by atoms with Gasteiger partial charge in [-0.05, 0) is 49.9 Å². The van der Waals surface area contributed by atoms with Gasteiger partial charge in [0, 0.05) is 38.8 Å².